The molecule has 2 aromatic rings. The van der Waals surface area contributed by atoms with Crippen LogP contribution in [0.5, 0.6) is 5.75 Å². The lowest BCUT2D eigenvalue weighted by Gasteiger charge is -2.21. The quantitative estimate of drug-likeness (QED) is 0.359. The smallest absolute Gasteiger partial charge is 0.260 e. The molecule has 0 saturated carbocycles. The van der Waals surface area contributed by atoms with Crippen LogP contribution in [-0.2, 0) is 14.8 Å². The minimum absolute atomic E-state index is 0.367. The van der Waals surface area contributed by atoms with Gasteiger partial charge in [-0.3, -0.25) is 9.10 Å². The van der Waals surface area contributed by atoms with Crippen LogP contribution in [0.15, 0.2) is 53.6 Å². The molecule has 0 heterocycles. The number of methoxy groups -OCH3 is 1. The first-order valence-electron chi connectivity index (χ1n) is 7.91. The van der Waals surface area contributed by atoms with Gasteiger partial charge in [-0.1, -0.05) is 12.1 Å². The van der Waals surface area contributed by atoms with Gasteiger partial charge >= 0.3 is 0 Å². The van der Waals surface area contributed by atoms with E-state index in [9.17, 15) is 13.2 Å². The number of benzene rings is 2. The molecule has 27 heavy (non-hydrogen) atoms. The molecule has 0 fully saturated rings. The molecule has 144 valence electrons. The highest BCUT2D eigenvalue weighted by Gasteiger charge is 2.20. The maximum Gasteiger partial charge on any atom is 0.260 e. The number of sulfonamides is 1. The number of ether oxygens (including phenoxy) is 1. The predicted molar refractivity (Wildman–Crippen MR) is 115 cm³/mol. The zero-order chi connectivity index (χ0) is 20.0. The van der Waals surface area contributed by atoms with Gasteiger partial charge in [-0.2, -0.15) is 5.10 Å². The largest absolute Gasteiger partial charge is 0.497 e. The second-order valence-corrected chi connectivity index (χ2v) is 8.86. The summed E-state index contributed by atoms with van der Waals surface area (Å²) in [5.74, 6) is 0.0514. The van der Waals surface area contributed by atoms with Gasteiger partial charge in [0.1, 0.15) is 12.3 Å². The lowest BCUT2D eigenvalue weighted by molar-refractivity contribution is -0.119. The molecule has 0 aliphatic heterocycles. The third-order valence-electron chi connectivity index (χ3n) is 3.66. The van der Waals surface area contributed by atoms with Crippen LogP contribution in [0.2, 0.25) is 0 Å². The van der Waals surface area contributed by atoms with E-state index >= 15 is 0 Å². The molecule has 9 heteroatoms. The third kappa shape index (κ3) is 6.21. The molecular formula is C18H20IN3O4S. The van der Waals surface area contributed by atoms with Crippen LogP contribution in [0.1, 0.15) is 12.5 Å². The monoisotopic (exact) mass is 501 g/mol. The molecule has 0 saturated heterocycles. The van der Waals surface area contributed by atoms with Gasteiger partial charge in [0.15, 0.2) is 0 Å². The SMILES string of the molecule is COc1ccc(N(CC(=O)N/N=C(/C)c2ccc(I)cc2)S(C)(=O)=O)cc1. The van der Waals surface area contributed by atoms with Crippen LogP contribution in [0.25, 0.3) is 0 Å². The zero-order valence-electron chi connectivity index (χ0n) is 15.1. The topological polar surface area (TPSA) is 88.1 Å². The van der Waals surface area contributed by atoms with E-state index in [0.29, 0.717) is 17.1 Å². The van der Waals surface area contributed by atoms with E-state index < -0.39 is 15.9 Å². The van der Waals surface area contributed by atoms with Crippen molar-refractivity contribution in [3.63, 3.8) is 0 Å². The Morgan fingerprint density at radius 1 is 1.15 bits per heavy atom. The molecule has 0 unspecified atom stereocenters. The van der Waals surface area contributed by atoms with Gasteiger partial charge in [0, 0.05) is 3.57 Å². The summed E-state index contributed by atoms with van der Waals surface area (Å²) in [4.78, 5) is 12.2. The number of hydrogen-bond donors (Lipinski definition) is 1. The molecule has 0 aromatic heterocycles. The van der Waals surface area contributed by atoms with Crippen LogP contribution in [0.4, 0.5) is 5.69 Å². The maximum absolute atomic E-state index is 12.2. The fourth-order valence-electron chi connectivity index (χ4n) is 2.22. The fraction of sp³-hybridized carbons (Fsp3) is 0.222. The van der Waals surface area contributed by atoms with Crippen molar-refractivity contribution in [3.05, 3.63) is 57.7 Å². The van der Waals surface area contributed by atoms with E-state index in [4.69, 9.17) is 4.74 Å². The number of halogens is 1. The Balaban J connectivity index is 2.11. The summed E-state index contributed by atoms with van der Waals surface area (Å²) >= 11 is 2.20. The first kappa shape index (κ1) is 21.2. The number of rotatable bonds is 7. The summed E-state index contributed by atoms with van der Waals surface area (Å²) in [5, 5.41) is 4.05. The molecule has 0 radical (unpaired) electrons. The minimum Gasteiger partial charge on any atom is -0.497 e. The average molecular weight is 501 g/mol. The summed E-state index contributed by atoms with van der Waals surface area (Å²) < 4.78 is 31.4. The highest BCUT2D eigenvalue weighted by atomic mass is 127. The van der Waals surface area contributed by atoms with Crippen LogP contribution in [-0.4, -0.2) is 39.9 Å². The van der Waals surface area contributed by atoms with Gasteiger partial charge in [0.05, 0.1) is 24.8 Å². The first-order chi connectivity index (χ1) is 12.7. The van der Waals surface area contributed by atoms with E-state index in [1.165, 1.54) is 7.11 Å². The van der Waals surface area contributed by atoms with Crippen LogP contribution in [0.3, 0.4) is 0 Å². The summed E-state index contributed by atoms with van der Waals surface area (Å²) in [7, 11) is -2.13. The lowest BCUT2D eigenvalue weighted by Crippen LogP contribution is -2.39. The third-order valence-corrected chi connectivity index (χ3v) is 5.52. The van der Waals surface area contributed by atoms with Gasteiger partial charge in [-0.05, 0) is 71.5 Å². The van der Waals surface area contributed by atoms with Crippen molar-refractivity contribution < 1.29 is 17.9 Å². The standard InChI is InChI=1S/C18H20IN3O4S/c1-13(14-4-6-15(19)7-5-14)20-21-18(23)12-22(27(3,24)25)16-8-10-17(26-2)11-9-16/h4-11H,12H2,1-3H3,(H,21,23)/b20-13-. The number of carbonyl (C=O) groups excluding carboxylic acids is 1. The Bertz CT molecular complexity index is 926. The van der Waals surface area contributed by atoms with Crippen LogP contribution < -0.4 is 14.5 Å². The predicted octanol–water partition coefficient (Wildman–Crippen LogP) is 2.61. The van der Waals surface area contributed by atoms with Gasteiger partial charge in [0.25, 0.3) is 5.91 Å². The maximum atomic E-state index is 12.2. The van der Waals surface area contributed by atoms with Crippen molar-refractivity contribution in [1.82, 2.24) is 5.43 Å². The van der Waals surface area contributed by atoms with E-state index in [-0.39, 0.29) is 6.54 Å². The number of amides is 1. The van der Waals surface area contributed by atoms with Gasteiger partial charge in [-0.15, -0.1) is 0 Å². The molecule has 1 N–H and O–H groups in total. The molecule has 0 bridgehead atoms. The number of nitrogens with zero attached hydrogens (tertiary/aromatic N) is 2. The average Bonchev–Trinajstić information content (AvgIpc) is 2.64. The number of carbonyl (C=O) groups is 1. The molecule has 2 aromatic carbocycles. The molecule has 0 spiro atoms. The number of nitrogens with one attached hydrogen (secondary N) is 1. The minimum atomic E-state index is -3.65. The Labute approximate surface area is 172 Å². The first-order valence-corrected chi connectivity index (χ1v) is 10.8. The number of anilines is 1. The van der Waals surface area contributed by atoms with E-state index in [0.717, 1.165) is 19.7 Å². The van der Waals surface area contributed by atoms with Crippen molar-refractivity contribution in [2.24, 2.45) is 5.10 Å². The molecule has 1 amide bonds. The Hall–Kier alpha value is -2.14. The van der Waals surface area contributed by atoms with Crippen molar-refractivity contribution in [3.8, 4) is 5.75 Å². The van der Waals surface area contributed by atoms with Gasteiger partial charge < -0.3 is 4.74 Å². The van der Waals surface area contributed by atoms with E-state index in [2.05, 4.69) is 33.1 Å². The highest BCUT2D eigenvalue weighted by Crippen LogP contribution is 2.21. The molecule has 0 aliphatic carbocycles. The second kappa shape index (κ2) is 9.18. The lowest BCUT2D eigenvalue weighted by atomic mass is 10.1. The molecule has 0 aliphatic rings. The van der Waals surface area contributed by atoms with E-state index in [1.807, 2.05) is 24.3 Å². The summed E-state index contributed by atoms with van der Waals surface area (Å²) in [6.07, 6.45) is 1.05. The normalized spacial score (nSPS) is 11.8. The highest BCUT2D eigenvalue weighted by molar-refractivity contribution is 14.1. The number of hydrazone groups is 1. The Morgan fingerprint density at radius 2 is 1.74 bits per heavy atom. The molecule has 7 nitrogen and oxygen atoms in total. The van der Waals surface area contributed by atoms with Crippen molar-refractivity contribution in [2.75, 3.05) is 24.2 Å². The molecule has 2 rings (SSSR count). The fourth-order valence-corrected chi connectivity index (χ4v) is 3.43. The summed E-state index contributed by atoms with van der Waals surface area (Å²) in [6, 6.07) is 14.1. The Morgan fingerprint density at radius 3 is 2.26 bits per heavy atom. The Kier molecular flexibility index (Phi) is 7.19. The van der Waals surface area contributed by atoms with Crippen LogP contribution in [0, 0.1) is 3.57 Å². The second-order valence-electron chi connectivity index (χ2n) is 5.71. The van der Waals surface area contributed by atoms with Crippen molar-refractivity contribution in [2.45, 2.75) is 6.92 Å². The van der Waals surface area contributed by atoms with Gasteiger partial charge in [-0.25, -0.2) is 13.8 Å². The van der Waals surface area contributed by atoms with Gasteiger partial charge in [0.2, 0.25) is 10.0 Å². The van der Waals surface area contributed by atoms with Crippen LogP contribution >= 0.6 is 22.6 Å². The van der Waals surface area contributed by atoms with Crippen molar-refractivity contribution in [1.29, 1.82) is 0 Å². The number of hydrogen-bond acceptors (Lipinski definition) is 5. The summed E-state index contributed by atoms with van der Waals surface area (Å²) in [5.41, 5.74) is 4.26. The summed E-state index contributed by atoms with van der Waals surface area (Å²) in [6.45, 7) is 1.38. The molecular weight excluding hydrogens is 481 g/mol. The zero-order valence-corrected chi connectivity index (χ0v) is 18.1. The molecule has 0 atom stereocenters. The van der Waals surface area contributed by atoms with E-state index in [1.54, 1.807) is 31.2 Å². The van der Waals surface area contributed by atoms with Crippen molar-refractivity contribution >= 4 is 49.9 Å².